The van der Waals surface area contributed by atoms with E-state index >= 15 is 0 Å². The fourth-order valence-electron chi connectivity index (χ4n) is 1.60. The van der Waals surface area contributed by atoms with E-state index in [0.717, 1.165) is 0 Å². The zero-order chi connectivity index (χ0) is 16.1. The number of nitrogens with one attached hydrogen (secondary N) is 2. The van der Waals surface area contributed by atoms with Gasteiger partial charge in [0, 0.05) is 11.8 Å². The van der Waals surface area contributed by atoms with E-state index < -0.39 is 6.03 Å². The van der Waals surface area contributed by atoms with Gasteiger partial charge in [-0.05, 0) is 25.1 Å². The van der Waals surface area contributed by atoms with Crippen LogP contribution in [0, 0.1) is 0 Å². The lowest BCUT2D eigenvalue weighted by Crippen LogP contribution is -2.19. The quantitative estimate of drug-likeness (QED) is 0.787. The summed E-state index contributed by atoms with van der Waals surface area (Å²) in [4.78, 5) is 19.7. The number of amides is 2. The number of rotatable bonds is 4. The molecule has 0 atom stereocenters. The molecule has 0 fully saturated rings. The predicted molar refractivity (Wildman–Crippen MR) is 87.3 cm³/mol. The van der Waals surface area contributed by atoms with Gasteiger partial charge in [-0.25, -0.2) is 14.8 Å². The van der Waals surface area contributed by atoms with Crippen molar-refractivity contribution in [3.05, 3.63) is 39.7 Å². The number of urea groups is 1. The molecular formula is C13H11Cl3N4O2. The van der Waals surface area contributed by atoms with Crippen LogP contribution in [0.2, 0.25) is 15.5 Å². The largest absolute Gasteiger partial charge is 0.478 e. The predicted octanol–water partition coefficient (Wildman–Crippen LogP) is 4.48. The van der Waals surface area contributed by atoms with E-state index in [0.29, 0.717) is 23.9 Å². The molecule has 2 aromatic rings. The molecule has 0 aliphatic carbocycles. The number of pyridine rings is 2. The summed E-state index contributed by atoms with van der Waals surface area (Å²) in [5, 5.41) is 5.74. The van der Waals surface area contributed by atoms with E-state index in [-0.39, 0.29) is 15.5 Å². The summed E-state index contributed by atoms with van der Waals surface area (Å²) in [7, 11) is 0. The fraction of sp³-hybridized carbons (Fsp3) is 0.154. The Kier molecular flexibility index (Phi) is 5.65. The maximum Gasteiger partial charge on any atom is 0.323 e. The first kappa shape index (κ1) is 16.6. The molecule has 9 heteroatoms. The topological polar surface area (TPSA) is 76.1 Å². The number of anilines is 2. The second-order valence-corrected chi connectivity index (χ2v) is 5.19. The normalized spacial score (nSPS) is 10.2. The van der Waals surface area contributed by atoms with Crippen LogP contribution in [-0.4, -0.2) is 22.6 Å². The smallest absolute Gasteiger partial charge is 0.323 e. The first-order chi connectivity index (χ1) is 10.5. The molecule has 6 nitrogen and oxygen atoms in total. The average molecular weight is 362 g/mol. The summed E-state index contributed by atoms with van der Waals surface area (Å²) in [6.07, 6.45) is 0. The molecule has 116 valence electrons. The first-order valence-corrected chi connectivity index (χ1v) is 7.31. The number of halogens is 3. The van der Waals surface area contributed by atoms with Gasteiger partial charge < -0.3 is 15.4 Å². The third-order valence-corrected chi connectivity index (χ3v) is 2.92. The summed E-state index contributed by atoms with van der Waals surface area (Å²) in [5.41, 5.74) is 0.847. The molecule has 0 unspecified atom stereocenters. The maximum absolute atomic E-state index is 12.0. The van der Waals surface area contributed by atoms with Crippen molar-refractivity contribution >= 4 is 52.2 Å². The number of carbonyl (C=O) groups excluding carboxylic acids is 1. The number of nitrogens with zero attached hydrogens (tertiary/aromatic N) is 2. The highest BCUT2D eigenvalue weighted by molar-refractivity contribution is 6.33. The number of ether oxygens (including phenoxy) is 1. The van der Waals surface area contributed by atoms with E-state index in [9.17, 15) is 4.79 Å². The van der Waals surface area contributed by atoms with Gasteiger partial charge in [0.15, 0.2) is 0 Å². The molecule has 2 amide bonds. The van der Waals surface area contributed by atoms with Crippen molar-refractivity contribution in [2.45, 2.75) is 6.92 Å². The van der Waals surface area contributed by atoms with Gasteiger partial charge in [-0.2, -0.15) is 0 Å². The molecule has 2 aromatic heterocycles. The van der Waals surface area contributed by atoms with Crippen LogP contribution in [0.5, 0.6) is 5.88 Å². The van der Waals surface area contributed by atoms with Gasteiger partial charge in [0.2, 0.25) is 5.88 Å². The number of hydrogen-bond donors (Lipinski definition) is 2. The first-order valence-electron chi connectivity index (χ1n) is 6.17. The van der Waals surface area contributed by atoms with Crippen LogP contribution in [0.4, 0.5) is 16.2 Å². The molecule has 0 saturated heterocycles. The van der Waals surface area contributed by atoms with Crippen molar-refractivity contribution in [1.82, 2.24) is 9.97 Å². The van der Waals surface area contributed by atoms with Crippen molar-refractivity contribution in [3.8, 4) is 5.88 Å². The summed E-state index contributed by atoms with van der Waals surface area (Å²) in [6.45, 7) is 2.26. The Bertz CT molecular complexity index is 677. The molecule has 0 aromatic carbocycles. The van der Waals surface area contributed by atoms with E-state index in [1.807, 2.05) is 6.92 Å². The van der Waals surface area contributed by atoms with Crippen molar-refractivity contribution in [2.24, 2.45) is 0 Å². The van der Waals surface area contributed by atoms with Gasteiger partial charge in [-0.15, -0.1) is 0 Å². The van der Waals surface area contributed by atoms with E-state index in [1.165, 1.54) is 18.2 Å². The molecule has 2 N–H and O–H groups in total. The second kappa shape index (κ2) is 7.49. The second-order valence-electron chi connectivity index (χ2n) is 4.03. The van der Waals surface area contributed by atoms with Crippen molar-refractivity contribution in [2.75, 3.05) is 17.2 Å². The Hall–Kier alpha value is -1.76. The zero-order valence-electron chi connectivity index (χ0n) is 11.4. The van der Waals surface area contributed by atoms with Crippen LogP contribution in [-0.2, 0) is 0 Å². The third kappa shape index (κ3) is 4.91. The molecular weight excluding hydrogens is 351 g/mol. The highest BCUT2D eigenvalue weighted by Gasteiger charge is 2.08. The summed E-state index contributed by atoms with van der Waals surface area (Å²) >= 11 is 17.4. The monoisotopic (exact) mass is 360 g/mol. The molecule has 0 aliphatic rings. The Morgan fingerprint density at radius 1 is 1.00 bits per heavy atom. The van der Waals surface area contributed by atoms with Gasteiger partial charge in [0.1, 0.15) is 15.5 Å². The van der Waals surface area contributed by atoms with Gasteiger partial charge in [0.25, 0.3) is 0 Å². The minimum absolute atomic E-state index is 0.174. The van der Waals surface area contributed by atoms with Crippen LogP contribution < -0.4 is 15.4 Å². The van der Waals surface area contributed by atoms with Gasteiger partial charge in [-0.1, -0.05) is 34.8 Å². The van der Waals surface area contributed by atoms with Crippen LogP contribution in [0.1, 0.15) is 6.92 Å². The van der Waals surface area contributed by atoms with E-state index in [2.05, 4.69) is 20.6 Å². The highest BCUT2D eigenvalue weighted by atomic mass is 35.5. The third-order valence-electron chi connectivity index (χ3n) is 2.34. The molecule has 0 saturated carbocycles. The molecule has 0 bridgehead atoms. The number of carbonyl (C=O) groups is 1. The summed E-state index contributed by atoms with van der Waals surface area (Å²) in [6, 6.07) is 5.50. The average Bonchev–Trinajstić information content (AvgIpc) is 2.36. The number of aromatic nitrogens is 2. The Morgan fingerprint density at radius 3 is 2.05 bits per heavy atom. The summed E-state index contributed by atoms with van der Waals surface area (Å²) < 4.78 is 5.25. The van der Waals surface area contributed by atoms with Crippen molar-refractivity contribution in [1.29, 1.82) is 0 Å². The molecule has 0 radical (unpaired) electrons. The molecule has 22 heavy (non-hydrogen) atoms. The van der Waals surface area contributed by atoms with Crippen LogP contribution in [0.25, 0.3) is 0 Å². The summed E-state index contributed by atoms with van der Waals surface area (Å²) in [5.74, 6) is 0.320. The van der Waals surface area contributed by atoms with Gasteiger partial charge in [0.05, 0.1) is 12.3 Å². The Balaban J connectivity index is 2.08. The lowest BCUT2D eigenvalue weighted by Gasteiger charge is -2.10. The minimum atomic E-state index is -0.497. The zero-order valence-corrected chi connectivity index (χ0v) is 13.6. The van der Waals surface area contributed by atoms with Crippen LogP contribution in [0.3, 0.4) is 0 Å². The standard InChI is InChI=1S/C13H11Cl3N4O2/c1-2-22-12-6-8(5-11(16)20-12)18-13(21)17-7-3-9(14)19-10(15)4-7/h3-6H,2H2,1H3,(H2,17,18,19,20,21). The van der Waals surface area contributed by atoms with Crippen LogP contribution in [0.15, 0.2) is 24.3 Å². The number of hydrogen-bond acceptors (Lipinski definition) is 4. The fourth-order valence-corrected chi connectivity index (χ4v) is 2.26. The van der Waals surface area contributed by atoms with Crippen molar-refractivity contribution < 1.29 is 9.53 Å². The maximum atomic E-state index is 12.0. The van der Waals surface area contributed by atoms with Crippen LogP contribution >= 0.6 is 34.8 Å². The van der Waals surface area contributed by atoms with Gasteiger partial charge in [-0.3, -0.25) is 0 Å². The molecule has 0 spiro atoms. The SMILES string of the molecule is CCOc1cc(NC(=O)Nc2cc(Cl)nc(Cl)c2)cc(Cl)n1. The van der Waals surface area contributed by atoms with E-state index in [1.54, 1.807) is 6.07 Å². The Morgan fingerprint density at radius 2 is 1.50 bits per heavy atom. The Labute approximate surface area is 141 Å². The molecule has 0 aliphatic heterocycles. The minimum Gasteiger partial charge on any atom is -0.478 e. The highest BCUT2D eigenvalue weighted by Crippen LogP contribution is 2.22. The lowest BCUT2D eigenvalue weighted by atomic mass is 10.4. The molecule has 2 heterocycles. The molecule has 2 rings (SSSR count). The lowest BCUT2D eigenvalue weighted by molar-refractivity contribution is 0.262. The van der Waals surface area contributed by atoms with E-state index in [4.69, 9.17) is 39.5 Å². The van der Waals surface area contributed by atoms with Gasteiger partial charge >= 0.3 is 6.03 Å². The van der Waals surface area contributed by atoms with Crippen molar-refractivity contribution in [3.63, 3.8) is 0 Å².